The minimum absolute atomic E-state index is 0.741. The van der Waals surface area contributed by atoms with Crippen LogP contribution in [0.15, 0.2) is 0 Å². The first-order chi connectivity index (χ1) is 43.0. The average Bonchev–Trinajstić information content (AvgIpc) is 0.786. The van der Waals surface area contributed by atoms with Gasteiger partial charge in [-0.2, -0.15) is 0 Å². The number of ether oxygens (including phenoxy) is 14. The number of aliphatic carboxylic acids is 1. The van der Waals surface area contributed by atoms with E-state index >= 15 is 0 Å². The lowest BCUT2D eigenvalue weighted by Gasteiger charge is -2.52. The summed E-state index contributed by atoms with van der Waals surface area (Å²) in [5.41, 5.74) is 0. The molecule has 0 radical (unpaired) electrons. The smallest absolute Gasteiger partial charge is 0.364 e. The van der Waals surface area contributed by atoms with Crippen LogP contribution in [0.25, 0.3) is 0 Å². The monoisotopic (exact) mass is 1330 g/mol. The highest BCUT2D eigenvalue weighted by molar-refractivity contribution is 5.76. The molecule has 0 bridgehead atoms. The molecule has 7 saturated heterocycles. The Morgan fingerprint density at radius 1 is 0.495 bits per heavy atom. The number of carbonyl (C=O) groups excluding carboxylic acids is 2. The second-order valence-electron chi connectivity index (χ2n) is 23.4. The molecular formula is C52H88N2O37. The fraction of sp³-hybridized carbons (Fsp3) is 0.942. The zero-order valence-corrected chi connectivity index (χ0v) is 49.7. The van der Waals surface area contributed by atoms with E-state index in [-0.39, 0.29) is 0 Å². The van der Waals surface area contributed by atoms with E-state index in [2.05, 4.69) is 10.6 Å². The van der Waals surface area contributed by atoms with Gasteiger partial charge in [0, 0.05) is 33.3 Å². The van der Waals surface area contributed by atoms with Crippen LogP contribution in [0, 0.1) is 5.92 Å². The Bertz CT molecular complexity index is 2310. The van der Waals surface area contributed by atoms with E-state index in [1.807, 2.05) is 0 Å². The van der Waals surface area contributed by atoms with Crippen LogP contribution >= 0.6 is 0 Å². The molecule has 7 fully saturated rings. The van der Waals surface area contributed by atoms with Gasteiger partial charge in [0.15, 0.2) is 31.5 Å². The number of aliphatic hydroxyl groups is 19. The third kappa shape index (κ3) is 16.2. The van der Waals surface area contributed by atoms with Crippen molar-refractivity contribution in [3.05, 3.63) is 0 Å². The highest BCUT2D eigenvalue weighted by Crippen LogP contribution is 2.42. The van der Waals surface area contributed by atoms with E-state index in [0.29, 0.717) is 0 Å². The first kappa shape index (κ1) is 75.5. The highest BCUT2D eigenvalue weighted by Gasteiger charge is 2.62. The summed E-state index contributed by atoms with van der Waals surface area (Å²) < 4.78 is 82.1. The Hall–Kier alpha value is -2.91. The Morgan fingerprint density at radius 3 is 1.43 bits per heavy atom. The summed E-state index contributed by atoms with van der Waals surface area (Å²) in [5, 5.41) is 223. The SMILES string of the molecule is COC1[C@H](O[C@@H]2C(CO)O[C@@H](O[C@@H]3C(O)[C@H](O[C@@H]4C(CO)O[C@@H](O[C@@H]5C(O)[C@H](C)OC(CO)[C@H]5O)C(NC(C)=O)[C@H]4O)OC(CO[C@@H]4OC(CO)[C@H](O)[C@H](O)C4O)[C@@H]3O)C(NC(C)=O)[C@H]2O)OC(CO)[C@H](O)[C@@H]1O[C@]1(C(=O)O)C[C@@H](O)[C@@H](C)C(C(O)C(O)CO)O1. The van der Waals surface area contributed by atoms with Crippen molar-refractivity contribution in [2.24, 2.45) is 5.92 Å². The van der Waals surface area contributed by atoms with E-state index in [9.17, 15) is 117 Å². The maximum atomic E-state index is 13.1. The molecule has 7 heterocycles. The predicted octanol–water partition coefficient (Wildman–Crippen LogP) is -13.8. The van der Waals surface area contributed by atoms with Crippen molar-refractivity contribution in [1.82, 2.24) is 10.6 Å². The van der Waals surface area contributed by atoms with Gasteiger partial charge in [-0.05, 0) is 6.92 Å². The summed E-state index contributed by atoms with van der Waals surface area (Å²) in [7, 11) is 0.994. The Labute approximate surface area is 517 Å². The van der Waals surface area contributed by atoms with E-state index in [1.54, 1.807) is 0 Å². The fourth-order valence-electron chi connectivity index (χ4n) is 12.0. The lowest BCUT2D eigenvalue weighted by molar-refractivity contribution is -0.393. The molecule has 22 N–H and O–H groups in total. The van der Waals surface area contributed by atoms with Gasteiger partial charge in [0.25, 0.3) is 5.79 Å². The summed E-state index contributed by atoms with van der Waals surface area (Å²) in [6, 6.07) is -3.66. The molecule has 0 aliphatic carbocycles. The number of amides is 2. The van der Waals surface area contributed by atoms with Crippen LogP contribution in [-0.4, -0.2) is 387 Å². The number of carbonyl (C=O) groups is 3. The largest absolute Gasteiger partial charge is 0.477 e. The number of carboxylic acids is 1. The number of nitrogens with one attached hydrogen (secondary N) is 2. The number of aliphatic hydroxyl groups excluding tert-OH is 19. The molecule has 36 atom stereocenters. The number of hydrogen-bond donors (Lipinski definition) is 22. The van der Waals surface area contributed by atoms with E-state index in [4.69, 9.17) is 66.3 Å². The molecule has 91 heavy (non-hydrogen) atoms. The molecule has 7 aliphatic heterocycles. The van der Waals surface area contributed by atoms with Crippen molar-refractivity contribution >= 4 is 17.8 Å². The maximum absolute atomic E-state index is 13.1. The molecule has 0 spiro atoms. The van der Waals surface area contributed by atoms with Gasteiger partial charge >= 0.3 is 5.97 Å². The van der Waals surface area contributed by atoms with Crippen molar-refractivity contribution in [1.29, 1.82) is 0 Å². The number of rotatable bonds is 25. The summed E-state index contributed by atoms with van der Waals surface area (Å²) in [5.74, 6) is -7.81. The van der Waals surface area contributed by atoms with Gasteiger partial charge in [0.1, 0.15) is 159 Å². The van der Waals surface area contributed by atoms with Gasteiger partial charge in [-0.15, -0.1) is 0 Å². The van der Waals surface area contributed by atoms with E-state index < -0.39 is 290 Å². The maximum Gasteiger partial charge on any atom is 0.364 e. The van der Waals surface area contributed by atoms with Crippen LogP contribution in [-0.2, 0) is 80.7 Å². The molecule has 0 aromatic rings. The van der Waals surface area contributed by atoms with Crippen LogP contribution in [0.2, 0.25) is 0 Å². The van der Waals surface area contributed by atoms with Crippen molar-refractivity contribution in [3.63, 3.8) is 0 Å². The van der Waals surface area contributed by atoms with Crippen molar-refractivity contribution in [2.75, 3.05) is 53.4 Å². The number of hydrogen-bond acceptors (Lipinski definition) is 36. The topological polar surface area (TPSA) is 609 Å². The van der Waals surface area contributed by atoms with Gasteiger partial charge in [0.05, 0.1) is 64.6 Å². The van der Waals surface area contributed by atoms with Gasteiger partial charge in [-0.3, -0.25) is 9.59 Å². The summed E-state index contributed by atoms with van der Waals surface area (Å²) in [6.07, 6.45) is -61.2. The van der Waals surface area contributed by atoms with Gasteiger partial charge in [0.2, 0.25) is 11.8 Å². The number of methoxy groups -OCH3 is 1. The third-order valence-corrected chi connectivity index (χ3v) is 17.2. The van der Waals surface area contributed by atoms with Gasteiger partial charge in [-0.1, -0.05) is 6.92 Å². The highest BCUT2D eigenvalue weighted by atomic mass is 16.8. The molecule has 0 aromatic heterocycles. The zero-order valence-electron chi connectivity index (χ0n) is 49.7. The molecule has 7 rings (SSSR count). The first-order valence-electron chi connectivity index (χ1n) is 29.3. The summed E-state index contributed by atoms with van der Waals surface area (Å²) >= 11 is 0. The molecule has 39 nitrogen and oxygen atoms in total. The van der Waals surface area contributed by atoms with Crippen LogP contribution in [0.3, 0.4) is 0 Å². The average molecular weight is 1330 g/mol. The molecular weight excluding hydrogens is 1240 g/mol. The quantitative estimate of drug-likeness (QED) is 0.0404. The third-order valence-electron chi connectivity index (χ3n) is 17.2. The summed E-state index contributed by atoms with van der Waals surface area (Å²) in [4.78, 5) is 38.8. The molecule has 2 amide bonds. The Morgan fingerprint density at radius 2 is 0.934 bits per heavy atom. The lowest BCUT2D eigenvalue weighted by Crippen LogP contribution is -2.71. The predicted molar refractivity (Wildman–Crippen MR) is 284 cm³/mol. The second-order valence-corrected chi connectivity index (χ2v) is 23.4. The van der Waals surface area contributed by atoms with Crippen LogP contribution in [0.4, 0.5) is 0 Å². The van der Waals surface area contributed by atoms with Crippen LogP contribution in [0.1, 0.15) is 34.1 Å². The lowest BCUT2D eigenvalue weighted by atomic mass is 9.84. The van der Waals surface area contributed by atoms with Gasteiger partial charge < -0.3 is 179 Å². The molecule has 0 aromatic carbocycles. The van der Waals surface area contributed by atoms with Crippen molar-refractivity contribution in [3.8, 4) is 0 Å². The van der Waals surface area contributed by atoms with Crippen LogP contribution in [0.5, 0.6) is 0 Å². The second kappa shape index (κ2) is 32.4. The molecule has 7 aliphatic rings. The zero-order chi connectivity index (χ0) is 67.4. The van der Waals surface area contributed by atoms with Gasteiger partial charge in [-0.25, -0.2) is 4.79 Å². The Balaban J connectivity index is 1.18. The van der Waals surface area contributed by atoms with Crippen LogP contribution < -0.4 is 10.6 Å². The Kier molecular flexibility index (Phi) is 26.9. The minimum Gasteiger partial charge on any atom is -0.477 e. The first-order valence-corrected chi connectivity index (χ1v) is 29.3. The molecule has 39 heteroatoms. The normalized spacial score (nSPS) is 48.1. The standard InChI is InChI=1S/C52H88N2O37/c1-14-18(63)6-52(51(76)77,90-39(14)29(66)19(64)7-55)91-44-32(69)22(10-58)82-50(45(44)78-5)87-41-24(12-60)84-47(27(35(41)72)54-17(4)62)89-43-33(70)25(13-79-48-37(74)36(73)30(67)20(8-56)81-48)85-49(38(43)75)86-40-23(11-59)83-46(26(34(40)71)53-16(3)61)88-42-28(65)15(2)80-21(9-57)31(42)68/h14-15,18-50,55-60,63-75H,6-13H2,1-5H3,(H,53,61)(H,54,62)(H,76,77)/t14-,15+,18-,19?,20?,21?,22?,23?,24?,25?,26?,27?,28?,29?,30+,31-,32+,33+,34-,35-,36+,37?,38?,39?,40-,41-,42-,43+,44+,45?,46+,47+,48-,49+,50+,52+/m1/s1. The molecule has 528 valence electrons. The van der Waals surface area contributed by atoms with Crippen molar-refractivity contribution in [2.45, 2.75) is 248 Å². The van der Waals surface area contributed by atoms with Crippen molar-refractivity contribution < 1.29 is 183 Å². The molecule has 15 unspecified atom stereocenters. The fourth-order valence-corrected chi connectivity index (χ4v) is 12.0. The number of carboxylic acid groups (broad SMARTS) is 1. The summed E-state index contributed by atoms with van der Waals surface area (Å²) in [6.45, 7) is -2.19. The minimum atomic E-state index is -3.00. The van der Waals surface area contributed by atoms with E-state index in [0.717, 1.165) is 21.0 Å². The molecule has 0 saturated carbocycles. The van der Waals surface area contributed by atoms with E-state index in [1.165, 1.54) is 13.8 Å².